The summed E-state index contributed by atoms with van der Waals surface area (Å²) in [6, 6.07) is -0.390. The van der Waals surface area contributed by atoms with Crippen molar-refractivity contribution in [3.8, 4) is 0 Å². The highest BCUT2D eigenvalue weighted by Crippen LogP contribution is 2.34. The minimum absolute atomic E-state index is 0.0725. The van der Waals surface area contributed by atoms with E-state index in [0.717, 1.165) is 6.42 Å². The van der Waals surface area contributed by atoms with E-state index in [1.165, 1.54) is 0 Å². The van der Waals surface area contributed by atoms with Gasteiger partial charge in [0.2, 0.25) is 0 Å². The maximum Gasteiger partial charge on any atom is 0.391 e. The molecular weight excluding hydrogens is 259 g/mol. The van der Waals surface area contributed by atoms with Gasteiger partial charge in [0.05, 0.1) is 12.5 Å². The Labute approximate surface area is 112 Å². The van der Waals surface area contributed by atoms with Crippen LogP contribution in [-0.4, -0.2) is 42.8 Å². The molecule has 6 heteroatoms. The quantitative estimate of drug-likeness (QED) is 0.726. The molecule has 0 amide bonds. The Bertz CT molecular complexity index is 286. The molecule has 3 nitrogen and oxygen atoms in total. The summed E-state index contributed by atoms with van der Waals surface area (Å²) in [5.74, 6) is -1.54. The summed E-state index contributed by atoms with van der Waals surface area (Å²) >= 11 is 0. The van der Waals surface area contributed by atoms with Gasteiger partial charge in [0.1, 0.15) is 6.04 Å². The van der Waals surface area contributed by atoms with Gasteiger partial charge in [-0.25, -0.2) is 0 Å². The Kier molecular flexibility index (Phi) is 6.10. The molecular formula is C13H22F3NO2. The Morgan fingerprint density at radius 3 is 2.32 bits per heavy atom. The van der Waals surface area contributed by atoms with Gasteiger partial charge in [-0.1, -0.05) is 13.3 Å². The van der Waals surface area contributed by atoms with Gasteiger partial charge in [0, 0.05) is 0 Å². The molecule has 1 rings (SSSR count). The lowest BCUT2D eigenvalue weighted by Crippen LogP contribution is -2.48. The zero-order valence-corrected chi connectivity index (χ0v) is 11.5. The van der Waals surface area contributed by atoms with E-state index in [9.17, 15) is 18.0 Å². The third-order valence-corrected chi connectivity index (χ3v) is 3.55. The molecule has 112 valence electrons. The van der Waals surface area contributed by atoms with Crippen molar-refractivity contribution in [2.24, 2.45) is 5.92 Å². The van der Waals surface area contributed by atoms with Crippen molar-refractivity contribution in [2.45, 2.75) is 51.7 Å². The highest BCUT2D eigenvalue weighted by Gasteiger charge is 2.42. The average molecular weight is 281 g/mol. The van der Waals surface area contributed by atoms with Crippen LogP contribution in [0.5, 0.6) is 0 Å². The number of likely N-dealkylation sites (tertiary alicyclic amines) is 1. The second-order valence-corrected chi connectivity index (χ2v) is 4.91. The topological polar surface area (TPSA) is 29.5 Å². The van der Waals surface area contributed by atoms with Crippen LogP contribution in [0.4, 0.5) is 13.2 Å². The molecule has 1 atom stereocenters. The number of carbonyl (C=O) groups excluding carboxylic acids is 1. The predicted molar refractivity (Wildman–Crippen MR) is 65.7 cm³/mol. The van der Waals surface area contributed by atoms with Crippen LogP contribution >= 0.6 is 0 Å². The molecule has 1 aliphatic rings. The van der Waals surface area contributed by atoms with Gasteiger partial charge in [-0.05, 0) is 39.3 Å². The average Bonchev–Trinajstić information content (AvgIpc) is 2.35. The summed E-state index contributed by atoms with van der Waals surface area (Å²) in [6.45, 7) is 4.62. The van der Waals surface area contributed by atoms with Crippen molar-refractivity contribution in [1.29, 1.82) is 0 Å². The van der Waals surface area contributed by atoms with Crippen LogP contribution in [0.25, 0.3) is 0 Å². The lowest BCUT2D eigenvalue weighted by molar-refractivity contribution is -0.187. The van der Waals surface area contributed by atoms with Gasteiger partial charge in [-0.3, -0.25) is 9.69 Å². The number of halogens is 3. The molecule has 1 heterocycles. The van der Waals surface area contributed by atoms with Gasteiger partial charge < -0.3 is 4.74 Å². The molecule has 19 heavy (non-hydrogen) atoms. The van der Waals surface area contributed by atoms with Crippen molar-refractivity contribution < 1.29 is 22.7 Å². The lowest BCUT2D eigenvalue weighted by Gasteiger charge is -2.36. The fraction of sp³-hybridized carbons (Fsp3) is 0.923. The summed E-state index contributed by atoms with van der Waals surface area (Å²) in [7, 11) is 0. The first-order chi connectivity index (χ1) is 8.90. The normalized spacial score (nSPS) is 20.3. The number of piperidine rings is 1. The van der Waals surface area contributed by atoms with Crippen molar-refractivity contribution in [2.75, 3.05) is 19.7 Å². The number of alkyl halides is 3. The van der Waals surface area contributed by atoms with Crippen molar-refractivity contribution in [3.05, 3.63) is 0 Å². The zero-order chi connectivity index (χ0) is 14.5. The first-order valence-corrected chi connectivity index (χ1v) is 6.87. The van der Waals surface area contributed by atoms with E-state index in [4.69, 9.17) is 4.74 Å². The Morgan fingerprint density at radius 2 is 1.89 bits per heavy atom. The summed E-state index contributed by atoms with van der Waals surface area (Å²) in [4.78, 5) is 13.7. The SMILES string of the molecule is CCCC(C(=O)OCC)N1CCC(C(F)(F)F)CC1. The van der Waals surface area contributed by atoms with Crippen LogP contribution in [-0.2, 0) is 9.53 Å². The molecule has 0 N–H and O–H groups in total. The van der Waals surface area contributed by atoms with Crippen LogP contribution < -0.4 is 0 Å². The Hall–Kier alpha value is -0.780. The number of ether oxygens (including phenoxy) is 1. The summed E-state index contributed by atoms with van der Waals surface area (Å²) in [5, 5.41) is 0. The molecule has 0 spiro atoms. The number of carbonyl (C=O) groups is 1. The third kappa shape index (κ3) is 4.67. The predicted octanol–water partition coefficient (Wildman–Crippen LogP) is 2.99. The van der Waals surface area contributed by atoms with Gasteiger partial charge in [-0.15, -0.1) is 0 Å². The highest BCUT2D eigenvalue weighted by molar-refractivity contribution is 5.75. The Balaban J connectivity index is 2.57. The van der Waals surface area contributed by atoms with Crippen molar-refractivity contribution >= 4 is 5.97 Å². The number of rotatable bonds is 5. The van der Waals surface area contributed by atoms with Crippen LogP contribution in [0.3, 0.4) is 0 Å². The molecule has 0 aliphatic carbocycles. The standard InChI is InChI=1S/C13H22F3NO2/c1-3-5-11(12(18)19-4-2)17-8-6-10(7-9-17)13(14,15)16/h10-11H,3-9H2,1-2H3. The van der Waals surface area contributed by atoms with Gasteiger partial charge in [0.25, 0.3) is 0 Å². The second-order valence-electron chi connectivity index (χ2n) is 4.91. The summed E-state index contributed by atoms with van der Waals surface area (Å²) in [5.41, 5.74) is 0. The van der Waals surface area contributed by atoms with Crippen LogP contribution in [0.15, 0.2) is 0 Å². The number of esters is 1. The smallest absolute Gasteiger partial charge is 0.391 e. The summed E-state index contributed by atoms with van der Waals surface area (Å²) in [6.07, 6.45) is -2.53. The number of hydrogen-bond donors (Lipinski definition) is 0. The van der Waals surface area contributed by atoms with E-state index in [0.29, 0.717) is 26.1 Å². The van der Waals surface area contributed by atoms with Crippen LogP contribution in [0.1, 0.15) is 39.5 Å². The van der Waals surface area contributed by atoms with E-state index < -0.39 is 12.1 Å². The highest BCUT2D eigenvalue weighted by atomic mass is 19.4. The van der Waals surface area contributed by atoms with Gasteiger partial charge >= 0.3 is 12.1 Å². The summed E-state index contributed by atoms with van der Waals surface area (Å²) < 4.78 is 42.8. The largest absolute Gasteiger partial charge is 0.465 e. The molecule has 0 aromatic heterocycles. The second kappa shape index (κ2) is 7.12. The third-order valence-electron chi connectivity index (χ3n) is 3.55. The van der Waals surface area contributed by atoms with Crippen LogP contribution in [0, 0.1) is 5.92 Å². The molecule has 0 bridgehead atoms. The molecule has 1 aliphatic heterocycles. The minimum Gasteiger partial charge on any atom is -0.465 e. The van der Waals surface area contributed by atoms with E-state index in [1.807, 2.05) is 11.8 Å². The first-order valence-electron chi connectivity index (χ1n) is 6.87. The van der Waals surface area contributed by atoms with E-state index >= 15 is 0 Å². The molecule has 1 saturated heterocycles. The molecule has 1 unspecified atom stereocenters. The van der Waals surface area contributed by atoms with Crippen molar-refractivity contribution in [1.82, 2.24) is 4.90 Å². The van der Waals surface area contributed by atoms with Crippen molar-refractivity contribution in [3.63, 3.8) is 0 Å². The minimum atomic E-state index is -4.11. The molecule has 0 aromatic carbocycles. The lowest BCUT2D eigenvalue weighted by atomic mass is 9.94. The Morgan fingerprint density at radius 1 is 1.32 bits per heavy atom. The van der Waals surface area contributed by atoms with Crippen LogP contribution in [0.2, 0.25) is 0 Å². The molecule has 0 aromatic rings. The first kappa shape index (κ1) is 16.3. The van der Waals surface area contributed by atoms with E-state index in [1.54, 1.807) is 6.92 Å². The van der Waals surface area contributed by atoms with Gasteiger partial charge in [0.15, 0.2) is 0 Å². The maximum absolute atomic E-state index is 12.6. The molecule has 0 radical (unpaired) electrons. The molecule has 0 saturated carbocycles. The number of hydrogen-bond acceptors (Lipinski definition) is 3. The maximum atomic E-state index is 12.6. The monoisotopic (exact) mass is 281 g/mol. The number of nitrogens with zero attached hydrogens (tertiary/aromatic N) is 1. The van der Waals surface area contributed by atoms with E-state index in [-0.39, 0.29) is 24.9 Å². The fourth-order valence-corrected chi connectivity index (χ4v) is 2.50. The zero-order valence-electron chi connectivity index (χ0n) is 11.5. The van der Waals surface area contributed by atoms with Gasteiger partial charge in [-0.2, -0.15) is 13.2 Å². The van der Waals surface area contributed by atoms with E-state index in [2.05, 4.69) is 0 Å². The fourth-order valence-electron chi connectivity index (χ4n) is 2.50. The molecule has 1 fully saturated rings.